The molecule has 3 N–H and O–H groups in total. The SMILES string of the molecule is Cc1ccc(NC(=S)Nc2ccc(S(=O)(=O)Nc3nc(C)cc(C)n3)cc2)cc1. The van der Waals surface area contributed by atoms with Crippen molar-refractivity contribution in [3.63, 3.8) is 0 Å². The van der Waals surface area contributed by atoms with Crippen molar-refractivity contribution < 1.29 is 8.42 Å². The van der Waals surface area contributed by atoms with Crippen LogP contribution < -0.4 is 15.4 Å². The standard InChI is InChI=1S/C20H21N5O2S2/c1-13-4-6-16(7-5-13)23-20(28)24-17-8-10-18(11-9-17)29(26,27)25-19-21-14(2)12-15(3)22-19/h4-12H,1-3H3,(H,21,22,25)(H2,23,24,28). The molecule has 0 bridgehead atoms. The maximum Gasteiger partial charge on any atom is 0.264 e. The van der Waals surface area contributed by atoms with Gasteiger partial charge in [0.05, 0.1) is 4.90 Å². The van der Waals surface area contributed by atoms with Crippen LogP contribution >= 0.6 is 12.2 Å². The minimum absolute atomic E-state index is 0.0492. The average Bonchev–Trinajstić information content (AvgIpc) is 2.63. The molecule has 0 unspecified atom stereocenters. The zero-order valence-electron chi connectivity index (χ0n) is 16.2. The van der Waals surface area contributed by atoms with Gasteiger partial charge in [-0.3, -0.25) is 0 Å². The van der Waals surface area contributed by atoms with E-state index in [-0.39, 0.29) is 10.8 Å². The number of nitrogens with zero attached hydrogens (tertiary/aromatic N) is 2. The number of nitrogens with one attached hydrogen (secondary N) is 3. The van der Waals surface area contributed by atoms with Crippen LogP contribution in [-0.4, -0.2) is 23.5 Å². The van der Waals surface area contributed by atoms with Gasteiger partial charge in [-0.05, 0) is 75.5 Å². The second kappa shape index (κ2) is 8.54. The van der Waals surface area contributed by atoms with Crippen LogP contribution in [-0.2, 0) is 10.0 Å². The van der Waals surface area contributed by atoms with Crippen molar-refractivity contribution >= 4 is 44.7 Å². The van der Waals surface area contributed by atoms with E-state index in [1.807, 2.05) is 31.2 Å². The lowest BCUT2D eigenvalue weighted by atomic mass is 10.2. The summed E-state index contributed by atoms with van der Waals surface area (Å²) in [6.45, 7) is 5.57. The highest BCUT2D eigenvalue weighted by molar-refractivity contribution is 7.92. The molecule has 3 rings (SSSR count). The highest BCUT2D eigenvalue weighted by Crippen LogP contribution is 2.17. The summed E-state index contributed by atoms with van der Waals surface area (Å²) in [5.74, 6) is 0.0492. The molecule has 0 atom stereocenters. The van der Waals surface area contributed by atoms with Gasteiger partial charge in [-0.15, -0.1) is 0 Å². The highest BCUT2D eigenvalue weighted by atomic mass is 32.2. The Labute approximate surface area is 175 Å². The van der Waals surface area contributed by atoms with E-state index < -0.39 is 10.0 Å². The van der Waals surface area contributed by atoms with Crippen LogP contribution in [0.5, 0.6) is 0 Å². The van der Waals surface area contributed by atoms with Crippen LogP contribution in [0.2, 0.25) is 0 Å². The minimum Gasteiger partial charge on any atom is -0.332 e. The third-order valence-electron chi connectivity index (χ3n) is 3.94. The molecule has 7 nitrogen and oxygen atoms in total. The predicted molar refractivity (Wildman–Crippen MR) is 120 cm³/mol. The molecule has 0 saturated carbocycles. The van der Waals surface area contributed by atoms with Crippen LogP contribution in [0.1, 0.15) is 17.0 Å². The van der Waals surface area contributed by atoms with Gasteiger partial charge in [0, 0.05) is 22.8 Å². The van der Waals surface area contributed by atoms with E-state index >= 15 is 0 Å². The zero-order chi connectivity index (χ0) is 21.0. The molecule has 29 heavy (non-hydrogen) atoms. The lowest BCUT2D eigenvalue weighted by molar-refractivity contribution is 0.601. The number of anilines is 3. The van der Waals surface area contributed by atoms with Gasteiger partial charge in [0.1, 0.15) is 0 Å². The first-order valence-electron chi connectivity index (χ1n) is 8.81. The molecule has 0 aliphatic heterocycles. The van der Waals surface area contributed by atoms with Crippen molar-refractivity contribution in [2.75, 3.05) is 15.4 Å². The average molecular weight is 428 g/mol. The summed E-state index contributed by atoms with van der Waals surface area (Å²) in [6.07, 6.45) is 0. The third kappa shape index (κ3) is 5.72. The van der Waals surface area contributed by atoms with Gasteiger partial charge >= 0.3 is 0 Å². The maximum atomic E-state index is 12.6. The molecule has 1 aromatic heterocycles. The largest absolute Gasteiger partial charge is 0.332 e. The Morgan fingerprint density at radius 1 is 0.828 bits per heavy atom. The van der Waals surface area contributed by atoms with Crippen molar-refractivity contribution in [3.05, 3.63) is 71.5 Å². The fraction of sp³-hybridized carbons (Fsp3) is 0.150. The highest BCUT2D eigenvalue weighted by Gasteiger charge is 2.16. The second-order valence-electron chi connectivity index (χ2n) is 6.55. The van der Waals surface area contributed by atoms with E-state index in [2.05, 4.69) is 25.3 Å². The lowest BCUT2D eigenvalue weighted by Crippen LogP contribution is -2.19. The third-order valence-corrected chi connectivity index (χ3v) is 5.49. The van der Waals surface area contributed by atoms with Crippen LogP contribution in [0.3, 0.4) is 0 Å². The van der Waals surface area contributed by atoms with Crippen molar-refractivity contribution in [1.82, 2.24) is 9.97 Å². The van der Waals surface area contributed by atoms with Gasteiger partial charge < -0.3 is 10.6 Å². The normalized spacial score (nSPS) is 11.0. The van der Waals surface area contributed by atoms with Crippen LogP contribution in [0, 0.1) is 20.8 Å². The fourth-order valence-corrected chi connectivity index (χ4v) is 3.78. The molecule has 0 radical (unpaired) electrons. The monoisotopic (exact) mass is 427 g/mol. The van der Waals surface area contributed by atoms with Crippen molar-refractivity contribution in [3.8, 4) is 0 Å². The number of sulfonamides is 1. The molecular formula is C20H21N5O2S2. The van der Waals surface area contributed by atoms with Crippen LogP contribution in [0.4, 0.5) is 17.3 Å². The van der Waals surface area contributed by atoms with Gasteiger partial charge in [-0.1, -0.05) is 17.7 Å². The fourth-order valence-electron chi connectivity index (χ4n) is 2.60. The Kier molecular flexibility index (Phi) is 6.09. The van der Waals surface area contributed by atoms with E-state index in [0.717, 1.165) is 11.3 Å². The molecule has 150 valence electrons. The summed E-state index contributed by atoms with van der Waals surface area (Å²) in [7, 11) is -3.80. The molecule has 3 aromatic rings. The quantitative estimate of drug-likeness (QED) is 0.529. The Balaban J connectivity index is 1.67. The summed E-state index contributed by atoms with van der Waals surface area (Å²) in [6, 6.07) is 15.9. The van der Waals surface area contributed by atoms with Crippen LogP contribution in [0.25, 0.3) is 0 Å². The topological polar surface area (TPSA) is 96.0 Å². The van der Waals surface area contributed by atoms with E-state index in [1.54, 1.807) is 32.0 Å². The number of benzene rings is 2. The molecule has 0 spiro atoms. The summed E-state index contributed by atoms with van der Waals surface area (Å²) >= 11 is 5.30. The van der Waals surface area contributed by atoms with Crippen molar-refractivity contribution in [2.24, 2.45) is 0 Å². The van der Waals surface area contributed by atoms with Crippen molar-refractivity contribution in [2.45, 2.75) is 25.7 Å². The number of aryl methyl sites for hydroxylation is 3. The first-order chi connectivity index (χ1) is 13.7. The zero-order valence-corrected chi connectivity index (χ0v) is 17.9. The summed E-state index contributed by atoms with van der Waals surface area (Å²) in [5, 5.41) is 6.52. The molecule has 0 aliphatic carbocycles. The Morgan fingerprint density at radius 3 is 1.83 bits per heavy atom. The summed E-state index contributed by atoms with van der Waals surface area (Å²) in [5.41, 5.74) is 4.06. The number of hydrogen-bond donors (Lipinski definition) is 3. The van der Waals surface area contributed by atoms with Gasteiger partial charge in [0.2, 0.25) is 5.95 Å². The first-order valence-corrected chi connectivity index (χ1v) is 10.7. The smallest absolute Gasteiger partial charge is 0.264 e. The first kappa shape index (κ1) is 20.7. The maximum absolute atomic E-state index is 12.6. The minimum atomic E-state index is -3.80. The molecule has 9 heteroatoms. The molecule has 0 saturated heterocycles. The molecule has 2 aromatic carbocycles. The summed E-state index contributed by atoms with van der Waals surface area (Å²) in [4.78, 5) is 8.32. The number of thiocarbonyl (C=S) groups is 1. The number of aromatic nitrogens is 2. The molecular weight excluding hydrogens is 406 g/mol. The van der Waals surface area contributed by atoms with Gasteiger partial charge in [-0.2, -0.15) is 0 Å². The van der Waals surface area contributed by atoms with Gasteiger partial charge in [-0.25, -0.2) is 23.1 Å². The molecule has 0 amide bonds. The van der Waals surface area contributed by atoms with E-state index in [4.69, 9.17) is 12.2 Å². The molecule has 1 heterocycles. The van der Waals surface area contributed by atoms with E-state index in [1.165, 1.54) is 12.1 Å². The van der Waals surface area contributed by atoms with Gasteiger partial charge in [0.25, 0.3) is 10.0 Å². The van der Waals surface area contributed by atoms with E-state index in [0.29, 0.717) is 22.2 Å². The molecule has 0 fully saturated rings. The molecule has 0 aliphatic rings. The number of rotatable bonds is 5. The van der Waals surface area contributed by atoms with Crippen molar-refractivity contribution in [1.29, 1.82) is 0 Å². The lowest BCUT2D eigenvalue weighted by Gasteiger charge is -2.12. The Bertz CT molecular complexity index is 1110. The Morgan fingerprint density at radius 2 is 1.31 bits per heavy atom. The Hall–Kier alpha value is -3.04. The summed E-state index contributed by atoms with van der Waals surface area (Å²) < 4.78 is 27.6. The van der Waals surface area contributed by atoms with Crippen LogP contribution in [0.15, 0.2) is 59.5 Å². The predicted octanol–water partition coefficient (Wildman–Crippen LogP) is 4.01. The van der Waals surface area contributed by atoms with Gasteiger partial charge in [0.15, 0.2) is 5.11 Å². The number of hydrogen-bond acceptors (Lipinski definition) is 5. The second-order valence-corrected chi connectivity index (χ2v) is 8.64. The van der Waals surface area contributed by atoms with E-state index in [9.17, 15) is 8.42 Å².